The minimum absolute atomic E-state index is 0.897. The van der Waals surface area contributed by atoms with E-state index < -0.39 is 0 Å². The van der Waals surface area contributed by atoms with Crippen LogP contribution in [0.3, 0.4) is 0 Å². The molecule has 0 heterocycles. The first-order valence-electron chi connectivity index (χ1n) is 6.01. The quantitative estimate of drug-likeness (QED) is 0.382. The molecule has 1 N–H and O–H groups in total. The van der Waals surface area contributed by atoms with Crippen molar-refractivity contribution in [1.82, 2.24) is 5.32 Å². The summed E-state index contributed by atoms with van der Waals surface area (Å²) in [5.74, 6) is 1.82. The maximum absolute atomic E-state index is 3.44. The number of nitrogens with one attached hydrogen (secondary N) is 1. The largest absolute Gasteiger partial charge is 0.308 e. The Morgan fingerprint density at radius 2 is 1.86 bits per heavy atom. The van der Waals surface area contributed by atoms with E-state index in [0.29, 0.717) is 0 Å². The highest BCUT2D eigenvalue weighted by atomic mass is 127. The molecule has 2 unspecified atom stereocenters. The number of alkyl halides is 1. The Hall–Kier alpha value is 0.690. The molecule has 0 rings (SSSR count). The molecular weight excluding hydrogens is 285 g/mol. The third-order valence-corrected chi connectivity index (χ3v) is 3.65. The number of rotatable bonds is 9. The molecule has 0 saturated carbocycles. The van der Waals surface area contributed by atoms with Crippen LogP contribution >= 0.6 is 22.6 Å². The van der Waals surface area contributed by atoms with Crippen molar-refractivity contribution >= 4 is 22.6 Å². The summed E-state index contributed by atoms with van der Waals surface area (Å²) in [5, 5.41) is 3.44. The van der Waals surface area contributed by atoms with Crippen LogP contribution in [0.2, 0.25) is 0 Å². The monoisotopic (exact) mass is 311 g/mol. The predicted molar refractivity (Wildman–Crippen MR) is 74.0 cm³/mol. The van der Waals surface area contributed by atoms with Crippen LogP contribution in [0.1, 0.15) is 52.9 Å². The van der Waals surface area contributed by atoms with E-state index in [-0.39, 0.29) is 0 Å². The molecule has 0 amide bonds. The van der Waals surface area contributed by atoms with Crippen LogP contribution in [-0.4, -0.2) is 11.1 Å². The zero-order valence-corrected chi connectivity index (χ0v) is 12.1. The van der Waals surface area contributed by atoms with Gasteiger partial charge in [0.05, 0.1) is 0 Å². The molecule has 0 aliphatic carbocycles. The van der Waals surface area contributed by atoms with Gasteiger partial charge < -0.3 is 5.32 Å². The third-order valence-electron chi connectivity index (χ3n) is 3.11. The fourth-order valence-electron chi connectivity index (χ4n) is 1.67. The van der Waals surface area contributed by atoms with Crippen molar-refractivity contribution in [2.45, 2.75) is 52.9 Å². The Balaban J connectivity index is 3.42. The van der Waals surface area contributed by atoms with Gasteiger partial charge in [-0.15, -0.1) is 0 Å². The summed E-state index contributed by atoms with van der Waals surface area (Å²) >= 11 is 2.38. The molecule has 0 bridgehead atoms. The highest BCUT2D eigenvalue weighted by Gasteiger charge is 2.06. The van der Waals surface area contributed by atoms with Crippen molar-refractivity contribution in [1.29, 1.82) is 0 Å². The summed E-state index contributed by atoms with van der Waals surface area (Å²) in [6.45, 7) is 8.17. The first-order chi connectivity index (χ1) is 6.74. The molecule has 0 aromatic rings. The zero-order valence-electron chi connectivity index (χ0n) is 9.98. The molecule has 2 atom stereocenters. The molecule has 0 saturated heterocycles. The van der Waals surface area contributed by atoms with Gasteiger partial charge in [-0.25, -0.2) is 0 Å². The van der Waals surface area contributed by atoms with E-state index in [1.54, 1.807) is 0 Å². The molecular formula is C12H26IN. The van der Waals surface area contributed by atoms with Crippen molar-refractivity contribution in [3.05, 3.63) is 0 Å². The minimum Gasteiger partial charge on any atom is -0.308 e. The van der Waals surface area contributed by atoms with E-state index in [9.17, 15) is 0 Å². The van der Waals surface area contributed by atoms with Gasteiger partial charge in [0.15, 0.2) is 0 Å². The fraction of sp³-hybridized carbons (Fsp3) is 1.00. The highest BCUT2D eigenvalue weighted by Crippen LogP contribution is 2.16. The van der Waals surface area contributed by atoms with E-state index in [2.05, 4.69) is 48.7 Å². The second kappa shape index (κ2) is 10.2. The molecule has 0 spiro atoms. The molecule has 0 aromatic carbocycles. The third kappa shape index (κ3) is 8.04. The minimum atomic E-state index is 0.897. The predicted octanol–water partition coefficient (Wildman–Crippen LogP) is 4.21. The normalized spacial score (nSPS) is 15.4. The van der Waals surface area contributed by atoms with E-state index >= 15 is 0 Å². The molecule has 0 aliphatic rings. The van der Waals surface area contributed by atoms with Crippen molar-refractivity contribution in [3.63, 3.8) is 0 Å². The van der Waals surface area contributed by atoms with Gasteiger partial charge in [0.1, 0.15) is 0 Å². The second-order valence-corrected chi connectivity index (χ2v) is 5.07. The summed E-state index contributed by atoms with van der Waals surface area (Å²) in [6.07, 6.45) is 6.89. The van der Waals surface area contributed by atoms with Crippen LogP contribution in [-0.2, 0) is 0 Å². The summed E-state index contributed by atoms with van der Waals surface area (Å²) in [6, 6.07) is 0. The smallest absolute Gasteiger partial charge is 0.0480 e. The Kier molecular flexibility index (Phi) is 10.7. The average molecular weight is 311 g/mol. The highest BCUT2D eigenvalue weighted by molar-refractivity contribution is 14.1. The van der Waals surface area contributed by atoms with Crippen LogP contribution in [0.15, 0.2) is 0 Å². The van der Waals surface area contributed by atoms with Crippen molar-refractivity contribution in [2.24, 2.45) is 11.8 Å². The lowest BCUT2D eigenvalue weighted by Crippen LogP contribution is -2.21. The molecule has 0 aromatic heterocycles. The van der Waals surface area contributed by atoms with Gasteiger partial charge in [0.2, 0.25) is 0 Å². The molecule has 0 fully saturated rings. The van der Waals surface area contributed by atoms with E-state index in [1.165, 1.54) is 38.6 Å². The summed E-state index contributed by atoms with van der Waals surface area (Å²) in [7, 11) is 0. The lowest BCUT2D eigenvalue weighted by Gasteiger charge is -2.15. The van der Waals surface area contributed by atoms with E-state index in [0.717, 1.165) is 16.4 Å². The lowest BCUT2D eigenvalue weighted by molar-refractivity contribution is 0.397. The average Bonchev–Trinajstić information content (AvgIpc) is 2.22. The van der Waals surface area contributed by atoms with Crippen molar-refractivity contribution in [3.8, 4) is 0 Å². The number of halogens is 1. The Morgan fingerprint density at radius 1 is 1.14 bits per heavy atom. The second-order valence-electron chi connectivity index (χ2n) is 4.31. The standard InChI is InChI=1S/C12H26IN/c1-4-11(3)7-6-8-12(5-2)9-14-10-13/h11-12,14H,4-10H2,1-3H3. The van der Waals surface area contributed by atoms with Crippen LogP contribution in [0, 0.1) is 11.8 Å². The SMILES string of the molecule is CCC(C)CCCC(CC)CNCI. The lowest BCUT2D eigenvalue weighted by atomic mass is 9.95. The first kappa shape index (κ1) is 14.7. The maximum atomic E-state index is 3.44. The van der Waals surface area contributed by atoms with Crippen LogP contribution in [0.4, 0.5) is 0 Å². The number of hydrogen-bond donors (Lipinski definition) is 1. The first-order valence-corrected chi connectivity index (χ1v) is 7.53. The van der Waals surface area contributed by atoms with Gasteiger partial charge in [-0.1, -0.05) is 69.0 Å². The maximum Gasteiger partial charge on any atom is 0.0480 e. The molecule has 1 nitrogen and oxygen atoms in total. The van der Waals surface area contributed by atoms with Gasteiger partial charge in [-0.05, 0) is 24.8 Å². The summed E-state index contributed by atoms with van der Waals surface area (Å²) in [5.41, 5.74) is 0. The zero-order chi connectivity index (χ0) is 10.8. The molecule has 2 heteroatoms. The molecule has 86 valence electrons. The van der Waals surface area contributed by atoms with Crippen LogP contribution in [0.5, 0.6) is 0 Å². The van der Waals surface area contributed by atoms with Gasteiger partial charge in [0, 0.05) is 4.55 Å². The van der Waals surface area contributed by atoms with Gasteiger partial charge >= 0.3 is 0 Å². The molecule has 0 radical (unpaired) electrons. The summed E-state index contributed by atoms with van der Waals surface area (Å²) in [4.78, 5) is 0. The molecule has 0 aliphatic heterocycles. The van der Waals surface area contributed by atoms with Gasteiger partial charge in [-0.3, -0.25) is 0 Å². The Labute approximate surface area is 104 Å². The van der Waals surface area contributed by atoms with Crippen LogP contribution in [0.25, 0.3) is 0 Å². The van der Waals surface area contributed by atoms with Crippen molar-refractivity contribution < 1.29 is 0 Å². The Morgan fingerprint density at radius 3 is 2.36 bits per heavy atom. The molecule has 14 heavy (non-hydrogen) atoms. The number of hydrogen-bond acceptors (Lipinski definition) is 1. The summed E-state index contributed by atoms with van der Waals surface area (Å²) < 4.78 is 1.08. The van der Waals surface area contributed by atoms with E-state index in [1.807, 2.05) is 0 Å². The Bertz CT molecular complexity index is 117. The van der Waals surface area contributed by atoms with Crippen molar-refractivity contribution in [2.75, 3.05) is 11.1 Å². The van der Waals surface area contributed by atoms with Gasteiger partial charge in [-0.2, -0.15) is 0 Å². The topological polar surface area (TPSA) is 12.0 Å². The van der Waals surface area contributed by atoms with Gasteiger partial charge in [0.25, 0.3) is 0 Å². The van der Waals surface area contributed by atoms with Crippen LogP contribution < -0.4 is 5.32 Å². The van der Waals surface area contributed by atoms with E-state index in [4.69, 9.17) is 0 Å². The fourth-order valence-corrected chi connectivity index (χ4v) is 1.98.